The van der Waals surface area contributed by atoms with E-state index in [0.717, 1.165) is 34.6 Å². The normalized spacial score (nSPS) is 12.5. The molecule has 0 radical (unpaired) electrons. The van der Waals surface area contributed by atoms with Crippen LogP contribution in [0.4, 0.5) is 0 Å². The Morgan fingerprint density at radius 3 is 2.88 bits per heavy atom. The third kappa shape index (κ3) is 4.32. The highest BCUT2D eigenvalue weighted by molar-refractivity contribution is 9.09. The molecule has 1 aromatic rings. The lowest BCUT2D eigenvalue weighted by molar-refractivity contribution is 0.405. The van der Waals surface area contributed by atoms with Crippen molar-refractivity contribution in [2.45, 2.75) is 25.9 Å². The summed E-state index contributed by atoms with van der Waals surface area (Å²) in [4.78, 5) is 0. The number of halogens is 2. The molecule has 1 atom stereocenters. The Labute approximate surface area is 110 Å². The minimum Gasteiger partial charge on any atom is -0.496 e. The van der Waals surface area contributed by atoms with Gasteiger partial charge in [-0.2, -0.15) is 0 Å². The zero-order chi connectivity index (χ0) is 12.0. The van der Waals surface area contributed by atoms with Crippen LogP contribution in [0, 0.1) is 0 Å². The van der Waals surface area contributed by atoms with Crippen molar-refractivity contribution in [3.8, 4) is 5.75 Å². The Kier molecular flexibility index (Phi) is 6.17. The van der Waals surface area contributed by atoms with Crippen molar-refractivity contribution in [1.29, 1.82) is 0 Å². The molecule has 0 saturated heterocycles. The Bertz CT molecular complexity index is 333. The number of hydrogen-bond acceptors (Lipinski definition) is 2. The van der Waals surface area contributed by atoms with Crippen LogP contribution in [-0.4, -0.2) is 18.5 Å². The standard InChI is InChI=1S/C12H17BrClNO/c1-9(5-6-13)15-8-10-7-11(14)3-4-12(10)16-2/h3-4,7,9,15H,5-6,8H2,1-2H3. The maximum Gasteiger partial charge on any atom is 0.123 e. The highest BCUT2D eigenvalue weighted by atomic mass is 79.9. The molecule has 16 heavy (non-hydrogen) atoms. The molecule has 0 spiro atoms. The molecular formula is C12H17BrClNO. The number of nitrogens with one attached hydrogen (secondary N) is 1. The topological polar surface area (TPSA) is 21.3 Å². The summed E-state index contributed by atoms with van der Waals surface area (Å²) in [5.41, 5.74) is 1.09. The zero-order valence-corrected chi connectivity index (χ0v) is 11.9. The van der Waals surface area contributed by atoms with Crippen molar-refractivity contribution < 1.29 is 4.74 Å². The lowest BCUT2D eigenvalue weighted by atomic mass is 10.2. The van der Waals surface area contributed by atoms with Gasteiger partial charge in [-0.15, -0.1) is 0 Å². The molecule has 0 heterocycles. The molecule has 0 fully saturated rings. The Morgan fingerprint density at radius 2 is 2.25 bits per heavy atom. The van der Waals surface area contributed by atoms with E-state index < -0.39 is 0 Å². The van der Waals surface area contributed by atoms with E-state index >= 15 is 0 Å². The Balaban J connectivity index is 2.61. The monoisotopic (exact) mass is 305 g/mol. The summed E-state index contributed by atoms with van der Waals surface area (Å²) in [7, 11) is 1.68. The molecule has 1 N–H and O–H groups in total. The van der Waals surface area contributed by atoms with Crippen molar-refractivity contribution in [3.63, 3.8) is 0 Å². The van der Waals surface area contributed by atoms with Crippen LogP contribution < -0.4 is 10.1 Å². The van der Waals surface area contributed by atoms with Gasteiger partial charge >= 0.3 is 0 Å². The van der Waals surface area contributed by atoms with Gasteiger partial charge in [0.15, 0.2) is 0 Å². The van der Waals surface area contributed by atoms with Crippen LogP contribution in [-0.2, 0) is 6.54 Å². The Hall–Kier alpha value is -0.250. The fraction of sp³-hybridized carbons (Fsp3) is 0.500. The summed E-state index contributed by atoms with van der Waals surface area (Å²) in [6, 6.07) is 6.15. The molecular weight excluding hydrogens is 289 g/mol. The fourth-order valence-corrected chi connectivity index (χ4v) is 2.32. The van der Waals surface area contributed by atoms with Gasteiger partial charge in [-0.3, -0.25) is 0 Å². The second kappa shape index (κ2) is 7.15. The van der Waals surface area contributed by atoms with Gasteiger partial charge in [0.2, 0.25) is 0 Å². The second-order valence-electron chi connectivity index (χ2n) is 3.72. The van der Waals surface area contributed by atoms with Gasteiger partial charge in [0.1, 0.15) is 5.75 Å². The van der Waals surface area contributed by atoms with Gasteiger partial charge in [-0.05, 0) is 31.5 Å². The molecule has 0 amide bonds. The van der Waals surface area contributed by atoms with Crippen LogP contribution in [0.3, 0.4) is 0 Å². The van der Waals surface area contributed by atoms with Crippen LogP contribution in [0.2, 0.25) is 5.02 Å². The summed E-state index contributed by atoms with van der Waals surface area (Å²) >= 11 is 9.39. The molecule has 1 rings (SSSR count). The average Bonchev–Trinajstić information content (AvgIpc) is 2.27. The Morgan fingerprint density at radius 1 is 1.50 bits per heavy atom. The van der Waals surface area contributed by atoms with Crippen LogP contribution in [0.1, 0.15) is 18.9 Å². The van der Waals surface area contributed by atoms with E-state index in [1.165, 1.54) is 0 Å². The molecule has 1 aromatic carbocycles. The quantitative estimate of drug-likeness (QED) is 0.811. The molecule has 0 bridgehead atoms. The maximum absolute atomic E-state index is 5.96. The van der Waals surface area contributed by atoms with Crippen molar-refractivity contribution in [3.05, 3.63) is 28.8 Å². The van der Waals surface area contributed by atoms with Gasteiger partial charge < -0.3 is 10.1 Å². The highest BCUT2D eigenvalue weighted by Crippen LogP contribution is 2.22. The smallest absolute Gasteiger partial charge is 0.123 e. The van der Waals surface area contributed by atoms with Gasteiger partial charge in [0.05, 0.1) is 7.11 Å². The van der Waals surface area contributed by atoms with E-state index in [2.05, 4.69) is 28.2 Å². The first-order chi connectivity index (χ1) is 7.67. The number of benzene rings is 1. The lowest BCUT2D eigenvalue weighted by Gasteiger charge is -2.14. The summed E-state index contributed by atoms with van der Waals surface area (Å²) in [5, 5.41) is 5.18. The van der Waals surface area contributed by atoms with E-state index in [1.807, 2.05) is 18.2 Å². The molecule has 1 unspecified atom stereocenters. The average molecular weight is 307 g/mol. The first kappa shape index (κ1) is 13.8. The number of rotatable bonds is 6. The molecule has 0 saturated carbocycles. The van der Waals surface area contributed by atoms with Crippen molar-refractivity contribution in [1.82, 2.24) is 5.32 Å². The first-order valence-electron chi connectivity index (χ1n) is 5.29. The summed E-state index contributed by atoms with van der Waals surface area (Å²) in [5.74, 6) is 0.878. The van der Waals surface area contributed by atoms with E-state index in [9.17, 15) is 0 Å². The lowest BCUT2D eigenvalue weighted by Crippen LogP contribution is -2.25. The molecule has 90 valence electrons. The maximum atomic E-state index is 5.96. The third-order valence-electron chi connectivity index (χ3n) is 2.43. The summed E-state index contributed by atoms with van der Waals surface area (Å²) < 4.78 is 5.28. The molecule has 4 heteroatoms. The minimum atomic E-state index is 0.475. The second-order valence-corrected chi connectivity index (χ2v) is 4.95. The summed E-state index contributed by atoms with van der Waals surface area (Å²) in [6.07, 6.45) is 1.10. The van der Waals surface area contributed by atoms with Crippen LogP contribution in [0.5, 0.6) is 5.75 Å². The first-order valence-corrected chi connectivity index (χ1v) is 6.79. The largest absolute Gasteiger partial charge is 0.496 e. The number of alkyl halides is 1. The molecule has 2 nitrogen and oxygen atoms in total. The van der Waals surface area contributed by atoms with E-state index in [1.54, 1.807) is 7.11 Å². The van der Waals surface area contributed by atoms with E-state index in [4.69, 9.17) is 16.3 Å². The number of ether oxygens (including phenoxy) is 1. The third-order valence-corrected chi connectivity index (χ3v) is 3.12. The van der Waals surface area contributed by atoms with Gasteiger partial charge in [0, 0.05) is 28.5 Å². The summed E-state index contributed by atoms with van der Waals surface area (Å²) in [6.45, 7) is 2.94. The van der Waals surface area contributed by atoms with Gasteiger partial charge in [-0.1, -0.05) is 27.5 Å². The van der Waals surface area contributed by atoms with E-state index in [-0.39, 0.29) is 0 Å². The fourth-order valence-electron chi connectivity index (χ4n) is 1.44. The predicted molar refractivity (Wildman–Crippen MR) is 72.7 cm³/mol. The van der Waals surface area contributed by atoms with Gasteiger partial charge in [-0.25, -0.2) is 0 Å². The molecule has 0 aliphatic rings. The zero-order valence-electron chi connectivity index (χ0n) is 9.59. The predicted octanol–water partition coefficient (Wildman–Crippen LogP) is 3.61. The number of methoxy groups -OCH3 is 1. The van der Waals surface area contributed by atoms with Crippen molar-refractivity contribution in [2.75, 3.05) is 12.4 Å². The van der Waals surface area contributed by atoms with E-state index in [0.29, 0.717) is 6.04 Å². The van der Waals surface area contributed by atoms with Crippen molar-refractivity contribution >= 4 is 27.5 Å². The van der Waals surface area contributed by atoms with Crippen LogP contribution in [0.15, 0.2) is 18.2 Å². The van der Waals surface area contributed by atoms with Crippen LogP contribution >= 0.6 is 27.5 Å². The molecule has 0 aliphatic carbocycles. The van der Waals surface area contributed by atoms with Crippen molar-refractivity contribution in [2.24, 2.45) is 0 Å². The highest BCUT2D eigenvalue weighted by Gasteiger charge is 2.05. The number of hydrogen-bond donors (Lipinski definition) is 1. The van der Waals surface area contributed by atoms with Gasteiger partial charge in [0.25, 0.3) is 0 Å². The minimum absolute atomic E-state index is 0.475. The molecule has 0 aliphatic heterocycles. The molecule has 0 aromatic heterocycles. The SMILES string of the molecule is COc1ccc(Cl)cc1CNC(C)CCBr. The van der Waals surface area contributed by atoms with Crippen LogP contribution in [0.25, 0.3) is 0 Å².